The molecule has 110 valence electrons. The number of carbonyl (C=O) groups excluding carboxylic acids is 2. The lowest BCUT2D eigenvalue weighted by Gasteiger charge is -2.10. The molecular formula is C14H20N2O4. The van der Waals surface area contributed by atoms with E-state index in [1.165, 1.54) is 0 Å². The maximum atomic E-state index is 11.5. The van der Waals surface area contributed by atoms with Gasteiger partial charge in [-0.05, 0) is 24.9 Å². The fourth-order valence-electron chi connectivity index (χ4n) is 1.53. The van der Waals surface area contributed by atoms with E-state index in [0.29, 0.717) is 19.4 Å². The molecule has 6 nitrogen and oxygen atoms in total. The molecule has 0 heterocycles. The molecule has 4 N–H and O–H groups in total. The summed E-state index contributed by atoms with van der Waals surface area (Å²) < 4.78 is 9.33. The maximum Gasteiger partial charge on any atom is 0.516 e. The van der Waals surface area contributed by atoms with Crippen molar-refractivity contribution < 1.29 is 19.1 Å². The second kappa shape index (κ2) is 9.06. The fraction of sp³-hybridized carbons (Fsp3) is 0.429. The van der Waals surface area contributed by atoms with Gasteiger partial charge in [0.25, 0.3) is 0 Å². The van der Waals surface area contributed by atoms with Gasteiger partial charge in [-0.1, -0.05) is 36.8 Å². The van der Waals surface area contributed by atoms with Crippen LogP contribution < -0.4 is 11.5 Å². The molecule has 0 saturated carbocycles. The average Bonchev–Trinajstić information content (AvgIpc) is 2.46. The summed E-state index contributed by atoms with van der Waals surface area (Å²) in [7, 11) is 0. The van der Waals surface area contributed by atoms with Gasteiger partial charge in [0.15, 0.2) is 0 Å². The zero-order chi connectivity index (χ0) is 14.8. The number of ether oxygens (including phenoxy) is 2. The summed E-state index contributed by atoms with van der Waals surface area (Å²) in [5, 5.41) is 0. The topological polar surface area (TPSA) is 105 Å². The molecule has 0 aromatic heterocycles. The molecule has 0 aliphatic rings. The lowest BCUT2D eigenvalue weighted by Crippen LogP contribution is -2.34. The van der Waals surface area contributed by atoms with Crippen molar-refractivity contribution in [2.75, 3.05) is 6.54 Å². The van der Waals surface area contributed by atoms with Crippen LogP contribution in [0.2, 0.25) is 0 Å². The fourth-order valence-corrected chi connectivity index (χ4v) is 1.53. The van der Waals surface area contributed by atoms with Crippen molar-refractivity contribution in [3.63, 3.8) is 0 Å². The molecule has 1 aromatic rings. The van der Waals surface area contributed by atoms with Crippen LogP contribution in [0.25, 0.3) is 0 Å². The van der Waals surface area contributed by atoms with E-state index in [1.54, 1.807) is 12.1 Å². The second-order valence-corrected chi connectivity index (χ2v) is 4.34. The Labute approximate surface area is 118 Å². The third-order valence-corrected chi connectivity index (χ3v) is 2.66. The van der Waals surface area contributed by atoms with Crippen LogP contribution in [0.3, 0.4) is 0 Å². The summed E-state index contributed by atoms with van der Waals surface area (Å²) >= 11 is 0. The van der Waals surface area contributed by atoms with E-state index in [0.717, 1.165) is 12.0 Å². The second-order valence-electron chi connectivity index (χ2n) is 4.34. The number of hydrogen-bond donors (Lipinski definition) is 2. The lowest BCUT2D eigenvalue weighted by atomic mass is 10.1. The minimum Gasteiger partial charge on any atom is -0.429 e. The molecule has 0 amide bonds. The number of benzene rings is 1. The zero-order valence-corrected chi connectivity index (χ0v) is 11.3. The van der Waals surface area contributed by atoms with Gasteiger partial charge >= 0.3 is 12.1 Å². The van der Waals surface area contributed by atoms with Gasteiger partial charge in [-0.2, -0.15) is 0 Å². The Hall–Kier alpha value is -1.92. The molecule has 1 aromatic carbocycles. The van der Waals surface area contributed by atoms with E-state index in [2.05, 4.69) is 4.74 Å². The first-order valence-corrected chi connectivity index (χ1v) is 6.51. The Morgan fingerprint density at radius 1 is 1.15 bits per heavy atom. The van der Waals surface area contributed by atoms with Crippen LogP contribution in [-0.4, -0.2) is 24.7 Å². The summed E-state index contributed by atoms with van der Waals surface area (Å²) in [6, 6.07) is 8.27. The molecule has 1 unspecified atom stereocenters. The van der Waals surface area contributed by atoms with E-state index in [-0.39, 0.29) is 6.61 Å². The molecule has 0 saturated heterocycles. The monoisotopic (exact) mass is 280 g/mol. The van der Waals surface area contributed by atoms with Crippen LogP contribution in [0.15, 0.2) is 30.3 Å². The quantitative estimate of drug-likeness (QED) is 0.443. The minimum atomic E-state index is -1.03. The Balaban J connectivity index is 2.25. The van der Waals surface area contributed by atoms with Crippen LogP contribution in [0.5, 0.6) is 0 Å². The predicted molar refractivity (Wildman–Crippen MR) is 73.6 cm³/mol. The van der Waals surface area contributed by atoms with Crippen molar-refractivity contribution in [2.24, 2.45) is 11.5 Å². The summed E-state index contributed by atoms with van der Waals surface area (Å²) in [6.45, 7) is 0.594. The van der Waals surface area contributed by atoms with Crippen LogP contribution >= 0.6 is 0 Å². The molecule has 0 bridgehead atoms. The number of unbranched alkanes of at least 4 members (excludes halogenated alkanes) is 1. The molecule has 0 spiro atoms. The molecular weight excluding hydrogens is 260 g/mol. The number of rotatable bonds is 7. The van der Waals surface area contributed by atoms with Crippen molar-refractivity contribution in [1.29, 1.82) is 0 Å². The number of esters is 1. The zero-order valence-electron chi connectivity index (χ0n) is 11.3. The third kappa shape index (κ3) is 6.31. The highest BCUT2D eigenvalue weighted by Gasteiger charge is 2.19. The molecule has 1 rings (SSSR count). The van der Waals surface area contributed by atoms with Crippen molar-refractivity contribution >= 4 is 12.1 Å². The predicted octanol–water partition coefficient (Wildman–Crippen LogP) is 1.32. The summed E-state index contributed by atoms with van der Waals surface area (Å²) in [5.41, 5.74) is 11.7. The van der Waals surface area contributed by atoms with Crippen LogP contribution in [0.4, 0.5) is 4.79 Å². The van der Waals surface area contributed by atoms with E-state index in [9.17, 15) is 9.59 Å². The molecule has 6 heteroatoms. The van der Waals surface area contributed by atoms with E-state index in [1.807, 2.05) is 18.2 Å². The highest BCUT2D eigenvalue weighted by atomic mass is 16.7. The first kappa shape index (κ1) is 16.1. The normalized spacial score (nSPS) is 11.7. The number of nitrogens with two attached hydrogens (primary N) is 2. The summed E-state index contributed by atoms with van der Waals surface area (Å²) in [6.07, 6.45) is 0.890. The standard InChI is InChI=1S/C14H20N2O4/c15-9-5-4-8-12(16)13(17)20-14(18)19-10-11-6-2-1-3-7-11/h1-3,6-7,12H,4-5,8-10,15-16H2. The smallest absolute Gasteiger partial charge is 0.429 e. The van der Waals surface area contributed by atoms with E-state index >= 15 is 0 Å². The average molecular weight is 280 g/mol. The van der Waals surface area contributed by atoms with Gasteiger partial charge in [0, 0.05) is 0 Å². The van der Waals surface area contributed by atoms with E-state index < -0.39 is 18.2 Å². The van der Waals surface area contributed by atoms with Crippen LogP contribution in [0.1, 0.15) is 24.8 Å². The Kier molecular flexibility index (Phi) is 7.31. The Bertz CT molecular complexity index is 422. The first-order chi connectivity index (χ1) is 9.63. The number of hydrogen-bond acceptors (Lipinski definition) is 6. The van der Waals surface area contributed by atoms with Crippen molar-refractivity contribution in [3.8, 4) is 0 Å². The molecule has 0 aliphatic heterocycles. The third-order valence-electron chi connectivity index (χ3n) is 2.66. The van der Waals surface area contributed by atoms with Gasteiger partial charge in [0.1, 0.15) is 12.6 Å². The van der Waals surface area contributed by atoms with Gasteiger partial charge in [0.2, 0.25) is 0 Å². The van der Waals surface area contributed by atoms with Crippen LogP contribution in [0, 0.1) is 0 Å². The summed E-state index contributed by atoms with van der Waals surface area (Å²) in [5.74, 6) is -0.778. The largest absolute Gasteiger partial charge is 0.516 e. The van der Waals surface area contributed by atoms with Gasteiger partial charge < -0.3 is 20.9 Å². The SMILES string of the molecule is NCCCCC(N)C(=O)OC(=O)OCc1ccccc1. The highest BCUT2D eigenvalue weighted by molar-refractivity contribution is 5.85. The van der Waals surface area contributed by atoms with Gasteiger partial charge in [-0.15, -0.1) is 0 Å². The maximum absolute atomic E-state index is 11.5. The molecule has 20 heavy (non-hydrogen) atoms. The molecule has 1 atom stereocenters. The minimum absolute atomic E-state index is 0.0510. The first-order valence-electron chi connectivity index (χ1n) is 6.51. The van der Waals surface area contributed by atoms with Crippen LogP contribution in [-0.2, 0) is 20.9 Å². The highest BCUT2D eigenvalue weighted by Crippen LogP contribution is 2.04. The van der Waals surface area contributed by atoms with Crippen molar-refractivity contribution in [1.82, 2.24) is 0 Å². The Morgan fingerprint density at radius 3 is 2.50 bits per heavy atom. The lowest BCUT2D eigenvalue weighted by molar-refractivity contribution is -0.141. The van der Waals surface area contributed by atoms with E-state index in [4.69, 9.17) is 16.2 Å². The Morgan fingerprint density at radius 2 is 1.85 bits per heavy atom. The number of carbonyl (C=O) groups is 2. The molecule has 0 radical (unpaired) electrons. The van der Waals surface area contributed by atoms with Crippen molar-refractivity contribution in [3.05, 3.63) is 35.9 Å². The summed E-state index contributed by atoms with van der Waals surface area (Å²) in [4.78, 5) is 22.8. The van der Waals surface area contributed by atoms with Gasteiger partial charge in [-0.3, -0.25) is 0 Å². The van der Waals surface area contributed by atoms with Crippen molar-refractivity contribution in [2.45, 2.75) is 31.9 Å². The molecule has 0 aliphatic carbocycles. The molecule has 0 fully saturated rings. The van der Waals surface area contributed by atoms with Gasteiger partial charge in [-0.25, -0.2) is 9.59 Å². The van der Waals surface area contributed by atoms with Gasteiger partial charge in [0.05, 0.1) is 0 Å².